The molecule has 2 saturated heterocycles. The molecular formula is C24H28ClN7O2. The van der Waals surface area contributed by atoms with Gasteiger partial charge in [0, 0.05) is 61.2 Å². The highest BCUT2D eigenvalue weighted by molar-refractivity contribution is 6.38. The van der Waals surface area contributed by atoms with Gasteiger partial charge in [-0.05, 0) is 31.7 Å². The molecule has 10 heteroatoms. The van der Waals surface area contributed by atoms with Gasteiger partial charge in [-0.1, -0.05) is 17.7 Å². The Bertz CT molecular complexity index is 1460. The fraction of sp³-hybridized carbons (Fsp3) is 0.458. The SMILES string of the molecule is COCCn1cc2c(Cl)c(-c3c[nH]c4nc(N5[C@H]6CCC[C@@H]5[C@H](N)C6)n(C)c(=O)c34)ccc2n1. The van der Waals surface area contributed by atoms with Crippen LogP contribution in [0.15, 0.2) is 29.3 Å². The Balaban J connectivity index is 1.46. The van der Waals surface area contributed by atoms with Crippen LogP contribution in [0.2, 0.25) is 5.02 Å². The number of nitrogens with one attached hydrogen (secondary N) is 1. The summed E-state index contributed by atoms with van der Waals surface area (Å²) in [6.07, 6.45) is 7.98. The van der Waals surface area contributed by atoms with Gasteiger partial charge in [0.1, 0.15) is 5.65 Å². The van der Waals surface area contributed by atoms with E-state index in [1.807, 2.05) is 29.2 Å². The van der Waals surface area contributed by atoms with Crippen molar-refractivity contribution >= 4 is 39.5 Å². The van der Waals surface area contributed by atoms with Crippen LogP contribution in [0.1, 0.15) is 25.7 Å². The zero-order valence-corrected chi connectivity index (χ0v) is 20.0. The smallest absolute Gasteiger partial charge is 0.264 e. The number of rotatable bonds is 5. The first-order chi connectivity index (χ1) is 16.5. The quantitative estimate of drug-likeness (QED) is 0.453. The van der Waals surface area contributed by atoms with E-state index in [4.69, 9.17) is 27.1 Å². The third-order valence-corrected chi connectivity index (χ3v) is 7.84. The first-order valence-electron chi connectivity index (χ1n) is 11.7. The van der Waals surface area contributed by atoms with Crippen molar-refractivity contribution in [1.82, 2.24) is 24.3 Å². The number of piperidine rings is 1. The Morgan fingerprint density at radius 1 is 1.29 bits per heavy atom. The number of benzene rings is 1. The molecule has 3 N–H and O–H groups in total. The minimum Gasteiger partial charge on any atom is -0.383 e. The Hall–Kier alpha value is -2.88. The number of aromatic amines is 1. The van der Waals surface area contributed by atoms with Crippen molar-refractivity contribution in [1.29, 1.82) is 0 Å². The summed E-state index contributed by atoms with van der Waals surface area (Å²) in [5.41, 5.74) is 9.22. The molecule has 0 amide bonds. The van der Waals surface area contributed by atoms with E-state index in [1.165, 1.54) is 6.42 Å². The van der Waals surface area contributed by atoms with E-state index in [-0.39, 0.29) is 17.6 Å². The standard InChI is InChI=1S/C24H28ClN7O2/c1-30-23(33)20-15(14-6-7-18-16(21(14)25)12-31(29-18)8-9-34-2)11-27-22(20)28-24(30)32-13-4-3-5-19(32)17(26)10-13/h6-7,11-13,17,19,27H,3-5,8-10,26H2,1-2H3/t13-,17+,19+/m0/s1. The van der Waals surface area contributed by atoms with Crippen molar-refractivity contribution in [3.05, 3.63) is 39.9 Å². The fourth-order valence-electron chi connectivity index (χ4n) is 5.76. The van der Waals surface area contributed by atoms with Crippen LogP contribution in [0, 0.1) is 0 Å². The maximum Gasteiger partial charge on any atom is 0.264 e. The van der Waals surface area contributed by atoms with Crippen LogP contribution < -0.4 is 16.2 Å². The molecule has 6 rings (SSSR count). The molecule has 2 fully saturated rings. The number of anilines is 1. The maximum absolute atomic E-state index is 13.6. The molecule has 0 unspecified atom stereocenters. The highest BCUT2D eigenvalue weighted by Gasteiger charge is 2.43. The number of hydrogen-bond donors (Lipinski definition) is 2. The van der Waals surface area contributed by atoms with Crippen LogP contribution in [0.5, 0.6) is 0 Å². The summed E-state index contributed by atoms with van der Waals surface area (Å²) in [6.45, 7) is 1.20. The monoisotopic (exact) mass is 481 g/mol. The van der Waals surface area contributed by atoms with E-state index in [9.17, 15) is 4.79 Å². The lowest BCUT2D eigenvalue weighted by atomic mass is 10.0. The highest BCUT2D eigenvalue weighted by Crippen LogP contribution is 2.39. The number of methoxy groups -OCH3 is 1. The van der Waals surface area contributed by atoms with Crippen molar-refractivity contribution in [2.75, 3.05) is 18.6 Å². The molecule has 9 nitrogen and oxygen atoms in total. The second-order valence-electron chi connectivity index (χ2n) is 9.41. The lowest BCUT2D eigenvalue weighted by Crippen LogP contribution is -2.46. The number of ether oxygens (including phenoxy) is 1. The third-order valence-electron chi connectivity index (χ3n) is 7.43. The van der Waals surface area contributed by atoms with Crippen LogP contribution in [-0.4, -0.2) is 56.2 Å². The predicted molar refractivity (Wildman–Crippen MR) is 133 cm³/mol. The van der Waals surface area contributed by atoms with Gasteiger partial charge in [0.05, 0.1) is 29.1 Å². The molecule has 3 aromatic heterocycles. The first-order valence-corrected chi connectivity index (χ1v) is 12.1. The number of fused-ring (bicyclic) bond motifs is 4. The fourth-order valence-corrected chi connectivity index (χ4v) is 6.07. The van der Waals surface area contributed by atoms with E-state index in [0.717, 1.165) is 41.3 Å². The highest BCUT2D eigenvalue weighted by atomic mass is 35.5. The maximum atomic E-state index is 13.6. The number of hydrogen-bond acceptors (Lipinski definition) is 6. The summed E-state index contributed by atoms with van der Waals surface area (Å²) in [5, 5.41) is 6.50. The van der Waals surface area contributed by atoms with Crippen LogP contribution in [0.4, 0.5) is 5.95 Å². The molecule has 34 heavy (non-hydrogen) atoms. The first kappa shape index (κ1) is 21.6. The number of H-pyrrole nitrogens is 1. The predicted octanol–water partition coefficient (Wildman–Crippen LogP) is 3.04. The average molecular weight is 482 g/mol. The molecule has 4 aromatic rings. The topological polar surface area (TPSA) is 107 Å². The van der Waals surface area contributed by atoms with E-state index >= 15 is 0 Å². The second kappa shape index (κ2) is 8.11. The Labute approximate surface area is 201 Å². The van der Waals surface area contributed by atoms with Crippen molar-refractivity contribution in [3.8, 4) is 11.1 Å². The molecule has 0 spiro atoms. The molecule has 0 saturated carbocycles. The van der Waals surface area contributed by atoms with Gasteiger partial charge < -0.3 is 20.4 Å². The lowest BCUT2D eigenvalue weighted by molar-refractivity contribution is 0.184. The number of halogens is 1. The number of aromatic nitrogens is 5. The van der Waals surface area contributed by atoms with Crippen molar-refractivity contribution in [3.63, 3.8) is 0 Å². The minimum atomic E-state index is -0.0956. The molecule has 3 atom stereocenters. The second-order valence-corrected chi connectivity index (χ2v) is 9.78. The van der Waals surface area contributed by atoms with E-state index in [1.54, 1.807) is 18.7 Å². The van der Waals surface area contributed by atoms with E-state index in [0.29, 0.717) is 41.2 Å². The normalized spacial score (nSPS) is 22.4. The zero-order valence-electron chi connectivity index (χ0n) is 19.3. The van der Waals surface area contributed by atoms with Crippen LogP contribution in [-0.2, 0) is 18.3 Å². The van der Waals surface area contributed by atoms with Gasteiger partial charge in [-0.3, -0.25) is 14.0 Å². The van der Waals surface area contributed by atoms with Gasteiger partial charge in [-0.15, -0.1) is 0 Å². The van der Waals surface area contributed by atoms with Crippen molar-refractivity contribution < 1.29 is 4.74 Å². The van der Waals surface area contributed by atoms with Gasteiger partial charge in [0.25, 0.3) is 5.56 Å². The molecule has 0 aliphatic carbocycles. The van der Waals surface area contributed by atoms with Crippen LogP contribution in [0.3, 0.4) is 0 Å². The summed E-state index contributed by atoms with van der Waals surface area (Å²) in [4.78, 5) is 24.1. The molecule has 1 aromatic carbocycles. The summed E-state index contributed by atoms with van der Waals surface area (Å²) in [5.74, 6) is 0.689. The van der Waals surface area contributed by atoms with E-state index < -0.39 is 0 Å². The molecular weight excluding hydrogens is 454 g/mol. The van der Waals surface area contributed by atoms with Gasteiger partial charge in [-0.2, -0.15) is 10.1 Å². The van der Waals surface area contributed by atoms with Gasteiger partial charge >= 0.3 is 0 Å². The molecule has 5 heterocycles. The Kier molecular flexibility index (Phi) is 5.16. The molecule has 2 aliphatic heterocycles. The Morgan fingerprint density at radius 3 is 2.94 bits per heavy atom. The summed E-state index contributed by atoms with van der Waals surface area (Å²) >= 11 is 6.84. The lowest BCUT2D eigenvalue weighted by Gasteiger charge is -2.36. The minimum absolute atomic E-state index is 0.0956. The van der Waals surface area contributed by atoms with E-state index in [2.05, 4.69) is 15.0 Å². The zero-order chi connectivity index (χ0) is 23.6. The summed E-state index contributed by atoms with van der Waals surface area (Å²) < 4.78 is 8.64. The Morgan fingerprint density at radius 2 is 2.15 bits per heavy atom. The van der Waals surface area contributed by atoms with Crippen molar-refractivity contribution in [2.24, 2.45) is 12.8 Å². The van der Waals surface area contributed by atoms with Gasteiger partial charge in [0.2, 0.25) is 5.95 Å². The molecule has 2 bridgehead atoms. The van der Waals surface area contributed by atoms with Crippen molar-refractivity contribution in [2.45, 2.75) is 50.4 Å². The summed E-state index contributed by atoms with van der Waals surface area (Å²) in [7, 11) is 3.46. The molecule has 2 aliphatic rings. The average Bonchev–Trinajstić information content (AvgIpc) is 3.49. The molecule has 0 radical (unpaired) electrons. The van der Waals surface area contributed by atoms with Gasteiger partial charge in [0.15, 0.2) is 0 Å². The number of nitrogens with zero attached hydrogens (tertiary/aromatic N) is 5. The third kappa shape index (κ3) is 3.18. The van der Waals surface area contributed by atoms with Gasteiger partial charge in [-0.25, -0.2) is 0 Å². The largest absolute Gasteiger partial charge is 0.383 e. The van der Waals surface area contributed by atoms with Crippen LogP contribution >= 0.6 is 11.6 Å². The van der Waals surface area contributed by atoms with Crippen LogP contribution in [0.25, 0.3) is 33.1 Å². The molecule has 178 valence electrons. The number of nitrogens with two attached hydrogens (primary N) is 1. The summed E-state index contributed by atoms with van der Waals surface area (Å²) in [6, 6.07) is 4.53.